The van der Waals surface area contributed by atoms with Crippen LogP contribution in [0.4, 0.5) is 11.4 Å². The highest BCUT2D eigenvalue weighted by Crippen LogP contribution is 2.35. The first-order chi connectivity index (χ1) is 22.9. The second kappa shape index (κ2) is 17.4. The molecule has 17 heteroatoms. The lowest BCUT2D eigenvalue weighted by Gasteiger charge is -2.14. The van der Waals surface area contributed by atoms with E-state index in [1.54, 1.807) is 12.1 Å². The summed E-state index contributed by atoms with van der Waals surface area (Å²) in [5.74, 6) is -0.956. The number of methoxy groups -OCH3 is 4. The third kappa shape index (κ3) is 10.8. The number of ether oxygens (including phenoxy) is 4. The lowest BCUT2D eigenvalue weighted by atomic mass is 10.1. The molecule has 2 amide bonds. The van der Waals surface area contributed by atoms with Crippen LogP contribution in [0.2, 0.25) is 0 Å². The van der Waals surface area contributed by atoms with Gasteiger partial charge in [-0.15, -0.1) is 4.73 Å². The molecular weight excluding hydrogens is 652 g/mol. The Balaban J connectivity index is 1.49. The average Bonchev–Trinajstić information content (AvgIpc) is 3.37. The molecule has 0 saturated carbocycles. The fraction of sp³-hybridized carbons (Fsp3) is 0.323. The number of carbonyl (C=O) groups is 3. The number of aromatic nitrogens is 1. The Kier molecular flexibility index (Phi) is 13.3. The lowest BCUT2D eigenvalue weighted by molar-refractivity contribution is -0.145. The molecule has 0 aliphatic carbocycles. The fourth-order valence-electron chi connectivity index (χ4n) is 4.24. The van der Waals surface area contributed by atoms with E-state index in [4.69, 9.17) is 23.8 Å². The van der Waals surface area contributed by atoms with Gasteiger partial charge in [0.05, 0.1) is 50.8 Å². The zero-order chi connectivity index (χ0) is 35.3. The molecule has 0 fully saturated rings. The number of amides is 2. The largest absolute Gasteiger partial charge is 0.496 e. The number of rotatable bonds is 18. The Morgan fingerprint density at radius 2 is 1.42 bits per heavy atom. The number of hydrogen-bond acceptors (Lipinski definition) is 12. The van der Waals surface area contributed by atoms with Crippen LogP contribution in [0.1, 0.15) is 37.7 Å². The number of carbonyl (C=O) groups excluding carboxylic acids is 3. The molecule has 0 unspecified atom stereocenters. The molecular formula is C31H38N4O12S. The number of anilines is 2. The van der Waals surface area contributed by atoms with E-state index in [0.717, 1.165) is 17.5 Å². The fourth-order valence-corrected chi connectivity index (χ4v) is 5.07. The van der Waals surface area contributed by atoms with E-state index >= 15 is 0 Å². The summed E-state index contributed by atoms with van der Waals surface area (Å²) in [6.45, 7) is 0.189. The van der Waals surface area contributed by atoms with Crippen molar-refractivity contribution in [2.24, 2.45) is 0 Å². The van der Waals surface area contributed by atoms with Gasteiger partial charge in [0.15, 0.2) is 0 Å². The lowest BCUT2D eigenvalue weighted by Crippen LogP contribution is -2.26. The van der Waals surface area contributed by atoms with Gasteiger partial charge in [0.2, 0.25) is 23.6 Å². The summed E-state index contributed by atoms with van der Waals surface area (Å²) in [4.78, 5) is 41.4. The van der Waals surface area contributed by atoms with Gasteiger partial charge in [0.25, 0.3) is 10.0 Å². The van der Waals surface area contributed by atoms with Crippen molar-refractivity contribution in [1.82, 2.24) is 10.0 Å². The molecule has 3 aromatic rings. The zero-order valence-electron chi connectivity index (χ0n) is 26.8. The first-order valence-electron chi connectivity index (χ1n) is 14.5. The SMILES string of the molecule is COc1cc(OC)c(C=CS(=O)(=O)Nc2ccc(OC)c(NC(=O)CCCNC(=O)CCCC(=O)On3c(O)ccc3O)c2)c(OC)c1. The van der Waals surface area contributed by atoms with E-state index < -0.39 is 33.7 Å². The van der Waals surface area contributed by atoms with E-state index in [2.05, 4.69) is 15.4 Å². The maximum absolute atomic E-state index is 12.9. The van der Waals surface area contributed by atoms with Gasteiger partial charge in [-0.05, 0) is 37.1 Å². The third-order valence-electron chi connectivity index (χ3n) is 6.58. The average molecular weight is 691 g/mol. The quantitative estimate of drug-likeness (QED) is 0.122. The van der Waals surface area contributed by atoms with Gasteiger partial charge in [0.1, 0.15) is 23.0 Å². The first-order valence-corrected chi connectivity index (χ1v) is 16.0. The van der Waals surface area contributed by atoms with Gasteiger partial charge in [0, 0.05) is 50.1 Å². The predicted octanol–water partition coefficient (Wildman–Crippen LogP) is 3.01. The highest BCUT2D eigenvalue weighted by Gasteiger charge is 2.16. The molecule has 0 aliphatic heterocycles. The van der Waals surface area contributed by atoms with Crippen molar-refractivity contribution < 1.29 is 56.8 Å². The molecule has 5 N–H and O–H groups in total. The van der Waals surface area contributed by atoms with Gasteiger partial charge in [-0.1, -0.05) is 0 Å². The van der Waals surface area contributed by atoms with Crippen LogP contribution in [0.15, 0.2) is 47.9 Å². The maximum atomic E-state index is 12.9. The highest BCUT2D eigenvalue weighted by molar-refractivity contribution is 7.95. The predicted molar refractivity (Wildman–Crippen MR) is 175 cm³/mol. The van der Waals surface area contributed by atoms with Gasteiger partial charge in [-0.2, -0.15) is 0 Å². The van der Waals surface area contributed by atoms with Crippen LogP contribution >= 0.6 is 0 Å². The second-order valence-electron chi connectivity index (χ2n) is 9.97. The van der Waals surface area contributed by atoms with Crippen molar-refractivity contribution in [3.63, 3.8) is 0 Å². The molecule has 0 saturated heterocycles. The Hall–Kier alpha value is -5.58. The molecule has 48 heavy (non-hydrogen) atoms. The molecule has 0 aliphatic rings. The molecule has 3 rings (SSSR count). The number of aromatic hydroxyl groups is 2. The van der Waals surface area contributed by atoms with E-state index in [1.807, 2.05) is 0 Å². The van der Waals surface area contributed by atoms with Crippen LogP contribution in [0.3, 0.4) is 0 Å². The standard InChI is InChI=1S/C31H38N4O12S/c1-43-21-18-25(45-3)22(26(19-21)46-4)14-16-48(41,42)34-20-10-11-24(44-2)23(17-20)33-28(37)8-6-15-32-27(36)7-5-9-31(40)47-35-29(38)12-13-30(35)39/h10-14,16-19,34,38-39H,5-9,15H2,1-4H3,(H,32,36)(H,33,37). The van der Waals surface area contributed by atoms with Crippen molar-refractivity contribution in [2.75, 3.05) is 45.0 Å². The molecule has 2 aromatic carbocycles. The molecule has 1 aromatic heterocycles. The van der Waals surface area contributed by atoms with Crippen LogP contribution in [-0.4, -0.2) is 76.1 Å². The summed E-state index contributed by atoms with van der Waals surface area (Å²) in [5.41, 5.74) is 0.757. The van der Waals surface area contributed by atoms with Crippen LogP contribution < -0.4 is 39.1 Å². The van der Waals surface area contributed by atoms with Crippen LogP contribution in [0.5, 0.6) is 34.8 Å². The second-order valence-corrected chi connectivity index (χ2v) is 11.5. The summed E-state index contributed by atoms with van der Waals surface area (Å²) >= 11 is 0. The summed E-state index contributed by atoms with van der Waals surface area (Å²) in [6.07, 6.45) is 1.69. The smallest absolute Gasteiger partial charge is 0.333 e. The summed E-state index contributed by atoms with van der Waals surface area (Å²) < 4.78 is 50.0. The minimum atomic E-state index is -4.03. The number of nitrogens with one attached hydrogen (secondary N) is 3. The van der Waals surface area contributed by atoms with Gasteiger partial charge in [-0.3, -0.25) is 14.3 Å². The summed E-state index contributed by atoms with van der Waals surface area (Å²) in [6, 6.07) is 9.84. The molecule has 16 nitrogen and oxygen atoms in total. The van der Waals surface area contributed by atoms with E-state index in [-0.39, 0.29) is 49.5 Å². The molecule has 0 atom stereocenters. The topological polar surface area (TPSA) is 213 Å². The molecule has 0 spiro atoms. The highest BCUT2D eigenvalue weighted by atomic mass is 32.2. The Morgan fingerprint density at radius 3 is 2.02 bits per heavy atom. The van der Waals surface area contributed by atoms with Crippen molar-refractivity contribution in [2.45, 2.75) is 32.1 Å². The summed E-state index contributed by atoms with van der Waals surface area (Å²) in [5, 5.41) is 25.3. The Bertz CT molecular complexity index is 1690. The van der Waals surface area contributed by atoms with E-state index in [0.29, 0.717) is 39.7 Å². The van der Waals surface area contributed by atoms with Crippen molar-refractivity contribution in [3.8, 4) is 34.8 Å². The van der Waals surface area contributed by atoms with Crippen molar-refractivity contribution in [3.05, 3.63) is 53.4 Å². The number of sulfonamides is 1. The molecule has 260 valence electrons. The maximum Gasteiger partial charge on any atom is 0.333 e. The van der Waals surface area contributed by atoms with E-state index in [1.165, 1.54) is 52.7 Å². The summed E-state index contributed by atoms with van der Waals surface area (Å²) in [7, 11) is 1.71. The first kappa shape index (κ1) is 36.9. The third-order valence-corrected chi connectivity index (χ3v) is 7.59. The minimum Gasteiger partial charge on any atom is -0.496 e. The van der Waals surface area contributed by atoms with Gasteiger partial charge in [-0.25, -0.2) is 13.2 Å². The Morgan fingerprint density at radius 1 is 0.792 bits per heavy atom. The molecule has 1 heterocycles. The number of benzene rings is 2. The van der Waals surface area contributed by atoms with Crippen LogP contribution in [0.25, 0.3) is 6.08 Å². The molecule has 0 bridgehead atoms. The number of hydrogen-bond donors (Lipinski definition) is 5. The van der Waals surface area contributed by atoms with Crippen molar-refractivity contribution >= 4 is 45.3 Å². The number of nitrogens with zero attached hydrogens (tertiary/aromatic N) is 1. The van der Waals surface area contributed by atoms with E-state index in [9.17, 15) is 33.0 Å². The van der Waals surface area contributed by atoms with Crippen LogP contribution in [0, 0.1) is 0 Å². The minimum absolute atomic E-state index is 0.0151. The normalized spacial score (nSPS) is 11.1. The zero-order valence-corrected chi connectivity index (χ0v) is 27.6. The van der Waals surface area contributed by atoms with Crippen molar-refractivity contribution in [1.29, 1.82) is 0 Å². The molecule has 0 radical (unpaired) electrons. The van der Waals surface area contributed by atoms with Crippen LogP contribution in [-0.2, 0) is 24.4 Å². The Labute approximate surface area is 277 Å². The van der Waals surface area contributed by atoms with Gasteiger partial charge < -0.3 is 44.6 Å². The van der Waals surface area contributed by atoms with Gasteiger partial charge >= 0.3 is 5.97 Å². The monoisotopic (exact) mass is 690 g/mol.